The van der Waals surface area contributed by atoms with Crippen molar-refractivity contribution < 1.29 is 9.53 Å². The zero-order chi connectivity index (χ0) is 11.4. The van der Waals surface area contributed by atoms with Gasteiger partial charge in [0.2, 0.25) is 5.91 Å². The maximum Gasteiger partial charge on any atom is 0.249 e. The second kappa shape index (κ2) is 5.07. The molecule has 86 valence electrons. The van der Waals surface area contributed by atoms with E-state index in [0.29, 0.717) is 0 Å². The molecule has 2 rings (SSSR count). The molecule has 2 heterocycles. The van der Waals surface area contributed by atoms with Gasteiger partial charge in [-0.05, 0) is 25.0 Å². The van der Waals surface area contributed by atoms with Crippen molar-refractivity contribution in [2.45, 2.75) is 18.9 Å². The number of ether oxygens (including phenoxy) is 1. The molecule has 1 aliphatic rings. The highest BCUT2D eigenvalue weighted by Crippen LogP contribution is 2.30. The summed E-state index contributed by atoms with van der Waals surface area (Å²) in [7, 11) is 1.55. The van der Waals surface area contributed by atoms with Gasteiger partial charge < -0.3 is 9.64 Å². The van der Waals surface area contributed by atoms with Gasteiger partial charge in [0.15, 0.2) is 0 Å². The smallest absolute Gasteiger partial charge is 0.249 e. The van der Waals surface area contributed by atoms with E-state index in [1.165, 1.54) is 0 Å². The van der Waals surface area contributed by atoms with E-state index in [1.807, 2.05) is 23.1 Å². The summed E-state index contributed by atoms with van der Waals surface area (Å²) in [5.74, 6) is 0.0515. The number of aromatic nitrogens is 1. The van der Waals surface area contributed by atoms with Gasteiger partial charge in [-0.2, -0.15) is 0 Å². The number of amides is 1. The SMILES string of the molecule is COCC(=O)N1CCCC1c1ccccn1. The summed E-state index contributed by atoms with van der Waals surface area (Å²) in [6.45, 7) is 0.965. The van der Waals surface area contributed by atoms with Crippen LogP contribution in [-0.4, -0.2) is 36.1 Å². The predicted molar refractivity (Wildman–Crippen MR) is 59.8 cm³/mol. The second-order valence-corrected chi connectivity index (χ2v) is 3.93. The average molecular weight is 220 g/mol. The molecule has 1 atom stereocenters. The van der Waals surface area contributed by atoms with Gasteiger partial charge in [0, 0.05) is 19.9 Å². The van der Waals surface area contributed by atoms with E-state index in [9.17, 15) is 4.79 Å². The molecular formula is C12H16N2O2. The average Bonchev–Trinajstić information content (AvgIpc) is 2.79. The van der Waals surface area contributed by atoms with Crippen LogP contribution in [-0.2, 0) is 9.53 Å². The highest BCUT2D eigenvalue weighted by atomic mass is 16.5. The molecule has 0 saturated carbocycles. The Kier molecular flexibility index (Phi) is 3.51. The maximum absolute atomic E-state index is 11.8. The van der Waals surface area contributed by atoms with E-state index in [4.69, 9.17) is 4.74 Å². The normalized spacial score (nSPS) is 20.1. The summed E-state index contributed by atoms with van der Waals surface area (Å²) in [6.07, 6.45) is 3.80. The first-order chi connectivity index (χ1) is 7.83. The Bertz CT molecular complexity index is 353. The first kappa shape index (κ1) is 11.1. The van der Waals surface area contributed by atoms with Crippen molar-refractivity contribution in [2.24, 2.45) is 0 Å². The molecule has 1 fully saturated rings. The van der Waals surface area contributed by atoms with Crippen molar-refractivity contribution in [1.29, 1.82) is 0 Å². The van der Waals surface area contributed by atoms with Gasteiger partial charge in [-0.15, -0.1) is 0 Å². The second-order valence-electron chi connectivity index (χ2n) is 3.93. The minimum Gasteiger partial charge on any atom is -0.375 e. The Balaban J connectivity index is 2.12. The lowest BCUT2D eigenvalue weighted by Gasteiger charge is -2.23. The molecule has 1 aliphatic heterocycles. The maximum atomic E-state index is 11.8. The summed E-state index contributed by atoms with van der Waals surface area (Å²) >= 11 is 0. The lowest BCUT2D eigenvalue weighted by Crippen LogP contribution is -2.33. The number of carbonyl (C=O) groups excluding carboxylic acids is 1. The van der Waals surface area contributed by atoms with Gasteiger partial charge in [-0.25, -0.2) is 0 Å². The number of likely N-dealkylation sites (tertiary alicyclic amines) is 1. The summed E-state index contributed by atoms with van der Waals surface area (Å²) in [4.78, 5) is 18.0. The zero-order valence-corrected chi connectivity index (χ0v) is 9.43. The number of hydrogen-bond donors (Lipinski definition) is 0. The van der Waals surface area contributed by atoms with Crippen molar-refractivity contribution in [3.8, 4) is 0 Å². The monoisotopic (exact) mass is 220 g/mol. The van der Waals surface area contributed by atoms with Crippen LogP contribution in [0, 0.1) is 0 Å². The molecule has 16 heavy (non-hydrogen) atoms. The molecule has 1 unspecified atom stereocenters. The van der Waals surface area contributed by atoms with Crippen molar-refractivity contribution in [3.63, 3.8) is 0 Å². The van der Waals surface area contributed by atoms with Crippen molar-refractivity contribution in [3.05, 3.63) is 30.1 Å². The number of nitrogens with zero attached hydrogens (tertiary/aromatic N) is 2. The number of carbonyl (C=O) groups is 1. The lowest BCUT2D eigenvalue weighted by atomic mass is 10.1. The van der Waals surface area contributed by atoms with Crippen LogP contribution in [0.15, 0.2) is 24.4 Å². The molecule has 1 aromatic heterocycles. The minimum absolute atomic E-state index is 0.0515. The fourth-order valence-corrected chi connectivity index (χ4v) is 2.15. The molecule has 4 heteroatoms. The Morgan fingerprint density at radius 3 is 3.19 bits per heavy atom. The van der Waals surface area contributed by atoms with Gasteiger partial charge in [-0.1, -0.05) is 6.07 Å². The number of pyridine rings is 1. The number of methoxy groups -OCH3 is 1. The van der Waals surface area contributed by atoms with Crippen LogP contribution in [0.3, 0.4) is 0 Å². The fraction of sp³-hybridized carbons (Fsp3) is 0.500. The highest BCUT2D eigenvalue weighted by molar-refractivity contribution is 5.78. The van der Waals surface area contributed by atoms with Gasteiger partial charge in [0.05, 0.1) is 11.7 Å². The topological polar surface area (TPSA) is 42.4 Å². The Morgan fingerprint density at radius 1 is 1.62 bits per heavy atom. The highest BCUT2D eigenvalue weighted by Gasteiger charge is 2.30. The molecule has 4 nitrogen and oxygen atoms in total. The standard InChI is InChI=1S/C12H16N2O2/c1-16-9-12(15)14-8-4-6-11(14)10-5-2-3-7-13-10/h2-3,5,7,11H,4,6,8-9H2,1H3. The first-order valence-electron chi connectivity index (χ1n) is 5.52. The fourth-order valence-electron chi connectivity index (χ4n) is 2.15. The van der Waals surface area contributed by atoms with Crippen LogP contribution in [0.2, 0.25) is 0 Å². The van der Waals surface area contributed by atoms with E-state index in [-0.39, 0.29) is 18.6 Å². The van der Waals surface area contributed by atoms with Crippen molar-refractivity contribution in [1.82, 2.24) is 9.88 Å². The van der Waals surface area contributed by atoms with Crippen LogP contribution in [0.1, 0.15) is 24.6 Å². The quantitative estimate of drug-likeness (QED) is 0.773. The van der Waals surface area contributed by atoms with E-state index in [0.717, 1.165) is 25.1 Å². The summed E-state index contributed by atoms with van der Waals surface area (Å²) in [5.41, 5.74) is 0.976. The molecule has 0 spiro atoms. The molecule has 0 aromatic carbocycles. The van der Waals surface area contributed by atoms with Crippen LogP contribution in [0.4, 0.5) is 0 Å². The molecule has 0 N–H and O–H groups in total. The van der Waals surface area contributed by atoms with Crippen LogP contribution in [0.25, 0.3) is 0 Å². The summed E-state index contributed by atoms with van der Waals surface area (Å²) in [5, 5.41) is 0. The van der Waals surface area contributed by atoms with E-state index in [1.54, 1.807) is 13.3 Å². The summed E-state index contributed by atoms with van der Waals surface area (Å²) in [6, 6.07) is 5.95. The van der Waals surface area contributed by atoms with Crippen LogP contribution < -0.4 is 0 Å². The molecule has 0 aliphatic carbocycles. The van der Waals surface area contributed by atoms with Gasteiger partial charge >= 0.3 is 0 Å². The zero-order valence-electron chi connectivity index (χ0n) is 9.43. The Labute approximate surface area is 95.2 Å². The van der Waals surface area contributed by atoms with E-state index in [2.05, 4.69) is 4.98 Å². The predicted octanol–water partition coefficient (Wildman–Crippen LogP) is 1.39. The molecule has 1 amide bonds. The molecule has 1 aromatic rings. The first-order valence-corrected chi connectivity index (χ1v) is 5.52. The molecule has 0 bridgehead atoms. The van der Waals surface area contributed by atoms with E-state index < -0.39 is 0 Å². The largest absolute Gasteiger partial charge is 0.375 e. The minimum atomic E-state index is 0.0515. The third-order valence-corrected chi connectivity index (χ3v) is 2.87. The summed E-state index contributed by atoms with van der Waals surface area (Å²) < 4.78 is 4.89. The van der Waals surface area contributed by atoms with Crippen molar-refractivity contribution >= 4 is 5.91 Å². The van der Waals surface area contributed by atoms with Crippen LogP contribution in [0.5, 0.6) is 0 Å². The molecular weight excluding hydrogens is 204 g/mol. The van der Waals surface area contributed by atoms with Gasteiger partial charge in [-0.3, -0.25) is 9.78 Å². The third-order valence-electron chi connectivity index (χ3n) is 2.87. The van der Waals surface area contributed by atoms with Gasteiger partial charge in [0.1, 0.15) is 6.61 Å². The number of rotatable bonds is 3. The van der Waals surface area contributed by atoms with Gasteiger partial charge in [0.25, 0.3) is 0 Å². The number of hydrogen-bond acceptors (Lipinski definition) is 3. The van der Waals surface area contributed by atoms with Crippen LogP contribution >= 0.6 is 0 Å². The molecule has 1 saturated heterocycles. The Morgan fingerprint density at radius 2 is 2.50 bits per heavy atom. The van der Waals surface area contributed by atoms with Crippen molar-refractivity contribution in [2.75, 3.05) is 20.3 Å². The van der Waals surface area contributed by atoms with E-state index >= 15 is 0 Å². The third kappa shape index (κ3) is 2.22. The Hall–Kier alpha value is -1.42. The molecule has 0 radical (unpaired) electrons. The lowest BCUT2D eigenvalue weighted by molar-refractivity contribution is -0.136.